The summed E-state index contributed by atoms with van der Waals surface area (Å²) in [4.78, 5) is 12.8. The first-order chi connectivity index (χ1) is 9.06. The van der Waals surface area contributed by atoms with Crippen LogP contribution in [0.2, 0.25) is 0 Å². The van der Waals surface area contributed by atoms with Crippen molar-refractivity contribution >= 4 is 23.0 Å². The Morgan fingerprint density at radius 3 is 1.84 bits per heavy atom. The highest BCUT2D eigenvalue weighted by atomic mass is 16.4. The maximum Gasteiger partial charge on any atom is 0.335 e. The quantitative estimate of drug-likeness (QED) is 0.882. The predicted octanol–water partition coefficient (Wildman–Crippen LogP) is 3.19. The van der Waals surface area contributed by atoms with Gasteiger partial charge in [0, 0.05) is 31.2 Å². The average Bonchev–Trinajstić information content (AvgIpc) is 2.40. The highest BCUT2D eigenvalue weighted by Gasteiger charge is 2.02. The molecule has 0 spiro atoms. The minimum atomic E-state index is -0.915. The number of benzene rings is 2. The number of carboxylic acid groups (broad SMARTS) is 1. The standard InChI is InChI=1S/C15H16N2O2/c1-17(2)14-9-7-13(8-10-14)16-12-5-3-11(4-6-12)15(18)19/h3-10,16H,1-2H3,(H,18,19). The molecular formula is C15H16N2O2. The molecule has 0 aromatic heterocycles. The zero-order chi connectivity index (χ0) is 13.8. The Bertz CT molecular complexity index is 560. The van der Waals surface area contributed by atoms with Crippen molar-refractivity contribution in [3.8, 4) is 0 Å². The van der Waals surface area contributed by atoms with E-state index in [0.29, 0.717) is 0 Å². The van der Waals surface area contributed by atoms with Crippen molar-refractivity contribution in [1.29, 1.82) is 0 Å². The minimum Gasteiger partial charge on any atom is -0.478 e. The molecule has 2 N–H and O–H groups in total. The lowest BCUT2D eigenvalue weighted by Crippen LogP contribution is -2.08. The lowest BCUT2D eigenvalue weighted by atomic mass is 10.2. The van der Waals surface area contributed by atoms with E-state index in [0.717, 1.165) is 17.1 Å². The van der Waals surface area contributed by atoms with Gasteiger partial charge in [-0.1, -0.05) is 0 Å². The normalized spacial score (nSPS) is 10.0. The molecule has 0 amide bonds. The summed E-state index contributed by atoms with van der Waals surface area (Å²) in [6, 6.07) is 14.7. The lowest BCUT2D eigenvalue weighted by Gasteiger charge is -2.13. The van der Waals surface area contributed by atoms with Gasteiger partial charge in [0.1, 0.15) is 0 Å². The van der Waals surface area contributed by atoms with Gasteiger partial charge in [0.25, 0.3) is 0 Å². The molecule has 4 nitrogen and oxygen atoms in total. The third-order valence-electron chi connectivity index (χ3n) is 2.80. The van der Waals surface area contributed by atoms with E-state index in [4.69, 9.17) is 5.11 Å². The maximum atomic E-state index is 10.7. The van der Waals surface area contributed by atoms with Gasteiger partial charge in [-0.3, -0.25) is 0 Å². The van der Waals surface area contributed by atoms with Crippen molar-refractivity contribution in [1.82, 2.24) is 0 Å². The van der Waals surface area contributed by atoms with E-state index in [2.05, 4.69) is 5.32 Å². The van der Waals surface area contributed by atoms with Crippen LogP contribution in [0.25, 0.3) is 0 Å². The van der Waals surface area contributed by atoms with Crippen molar-refractivity contribution in [3.63, 3.8) is 0 Å². The molecule has 0 saturated heterocycles. The van der Waals surface area contributed by atoms with E-state index in [1.54, 1.807) is 24.3 Å². The average molecular weight is 256 g/mol. The highest BCUT2D eigenvalue weighted by Crippen LogP contribution is 2.20. The fourth-order valence-corrected chi connectivity index (χ4v) is 1.71. The smallest absolute Gasteiger partial charge is 0.335 e. The zero-order valence-corrected chi connectivity index (χ0v) is 10.9. The molecule has 0 aliphatic rings. The summed E-state index contributed by atoms with van der Waals surface area (Å²) in [6.45, 7) is 0. The van der Waals surface area contributed by atoms with Crippen molar-refractivity contribution in [2.24, 2.45) is 0 Å². The van der Waals surface area contributed by atoms with Crippen LogP contribution in [0, 0.1) is 0 Å². The van der Waals surface area contributed by atoms with Crippen LogP contribution in [0.3, 0.4) is 0 Å². The second-order valence-corrected chi connectivity index (χ2v) is 4.45. The van der Waals surface area contributed by atoms with E-state index >= 15 is 0 Å². The highest BCUT2D eigenvalue weighted by molar-refractivity contribution is 5.88. The number of hydrogen-bond acceptors (Lipinski definition) is 3. The van der Waals surface area contributed by atoms with Crippen LogP contribution < -0.4 is 10.2 Å². The molecule has 19 heavy (non-hydrogen) atoms. The summed E-state index contributed by atoms with van der Waals surface area (Å²) in [5.74, 6) is -0.915. The lowest BCUT2D eigenvalue weighted by molar-refractivity contribution is 0.0697. The predicted molar refractivity (Wildman–Crippen MR) is 77.5 cm³/mol. The number of anilines is 3. The Hall–Kier alpha value is -2.49. The molecule has 2 rings (SSSR count). The molecule has 0 heterocycles. The fraction of sp³-hybridized carbons (Fsp3) is 0.133. The molecule has 98 valence electrons. The van der Waals surface area contributed by atoms with Crippen molar-refractivity contribution < 1.29 is 9.90 Å². The number of rotatable bonds is 4. The van der Waals surface area contributed by atoms with Gasteiger partial charge in [-0.05, 0) is 48.5 Å². The molecule has 0 saturated carbocycles. The number of aromatic carboxylic acids is 1. The summed E-state index contributed by atoms with van der Waals surface area (Å²) in [5.41, 5.74) is 3.25. The number of carboxylic acids is 1. The Kier molecular flexibility index (Phi) is 3.71. The molecule has 2 aromatic carbocycles. The molecule has 0 radical (unpaired) electrons. The molecule has 0 bridgehead atoms. The van der Waals surface area contributed by atoms with Gasteiger partial charge in [0.15, 0.2) is 0 Å². The van der Waals surface area contributed by atoms with Gasteiger partial charge in [0.05, 0.1) is 5.56 Å². The third-order valence-corrected chi connectivity index (χ3v) is 2.80. The molecule has 0 aliphatic heterocycles. The van der Waals surface area contributed by atoms with Crippen LogP contribution in [-0.2, 0) is 0 Å². The largest absolute Gasteiger partial charge is 0.478 e. The molecule has 4 heteroatoms. The molecule has 0 fully saturated rings. The SMILES string of the molecule is CN(C)c1ccc(Nc2ccc(C(=O)O)cc2)cc1. The molecule has 2 aromatic rings. The number of hydrogen-bond donors (Lipinski definition) is 2. The van der Waals surface area contributed by atoms with Crippen LogP contribution >= 0.6 is 0 Å². The molecule has 0 atom stereocenters. The van der Waals surface area contributed by atoms with E-state index in [9.17, 15) is 4.79 Å². The second kappa shape index (κ2) is 5.44. The zero-order valence-electron chi connectivity index (χ0n) is 10.9. The van der Waals surface area contributed by atoms with Gasteiger partial charge >= 0.3 is 5.97 Å². The van der Waals surface area contributed by atoms with Crippen LogP contribution in [-0.4, -0.2) is 25.2 Å². The van der Waals surface area contributed by atoms with Crippen molar-refractivity contribution in [2.45, 2.75) is 0 Å². The van der Waals surface area contributed by atoms with E-state index in [1.807, 2.05) is 43.3 Å². The fourth-order valence-electron chi connectivity index (χ4n) is 1.71. The van der Waals surface area contributed by atoms with Gasteiger partial charge in [0.2, 0.25) is 0 Å². The summed E-state index contributed by atoms with van der Waals surface area (Å²) >= 11 is 0. The van der Waals surface area contributed by atoms with Crippen LogP contribution in [0.4, 0.5) is 17.1 Å². The first-order valence-electron chi connectivity index (χ1n) is 5.94. The Morgan fingerprint density at radius 1 is 0.947 bits per heavy atom. The molecule has 0 unspecified atom stereocenters. The summed E-state index contributed by atoms with van der Waals surface area (Å²) in [5, 5.41) is 12.0. The summed E-state index contributed by atoms with van der Waals surface area (Å²) in [6.07, 6.45) is 0. The summed E-state index contributed by atoms with van der Waals surface area (Å²) < 4.78 is 0. The van der Waals surface area contributed by atoms with E-state index in [-0.39, 0.29) is 5.56 Å². The molecular weight excluding hydrogens is 240 g/mol. The van der Waals surface area contributed by atoms with E-state index in [1.165, 1.54) is 0 Å². The number of carbonyl (C=O) groups is 1. The van der Waals surface area contributed by atoms with Crippen LogP contribution in [0.15, 0.2) is 48.5 Å². The Balaban J connectivity index is 2.10. The van der Waals surface area contributed by atoms with Gasteiger partial charge in [-0.15, -0.1) is 0 Å². The third kappa shape index (κ3) is 3.25. The first kappa shape index (κ1) is 13.0. The second-order valence-electron chi connectivity index (χ2n) is 4.45. The van der Waals surface area contributed by atoms with Crippen LogP contribution in [0.1, 0.15) is 10.4 Å². The van der Waals surface area contributed by atoms with E-state index < -0.39 is 5.97 Å². The minimum absolute atomic E-state index is 0.286. The Morgan fingerprint density at radius 2 is 1.42 bits per heavy atom. The molecule has 0 aliphatic carbocycles. The topological polar surface area (TPSA) is 52.6 Å². The number of nitrogens with zero attached hydrogens (tertiary/aromatic N) is 1. The number of nitrogens with one attached hydrogen (secondary N) is 1. The van der Waals surface area contributed by atoms with Gasteiger partial charge in [-0.2, -0.15) is 0 Å². The maximum absolute atomic E-state index is 10.7. The Labute approximate surface area is 112 Å². The first-order valence-corrected chi connectivity index (χ1v) is 5.94. The van der Waals surface area contributed by atoms with Crippen molar-refractivity contribution in [3.05, 3.63) is 54.1 Å². The van der Waals surface area contributed by atoms with Crippen LogP contribution in [0.5, 0.6) is 0 Å². The van der Waals surface area contributed by atoms with Gasteiger partial charge < -0.3 is 15.3 Å². The monoisotopic (exact) mass is 256 g/mol. The summed E-state index contributed by atoms with van der Waals surface area (Å²) in [7, 11) is 3.99. The van der Waals surface area contributed by atoms with Gasteiger partial charge in [-0.25, -0.2) is 4.79 Å². The van der Waals surface area contributed by atoms with Crippen molar-refractivity contribution in [2.75, 3.05) is 24.3 Å².